The van der Waals surface area contributed by atoms with Gasteiger partial charge < -0.3 is 0 Å². The first-order valence-electron chi connectivity index (χ1n) is 9.32. The first kappa shape index (κ1) is 16.3. The van der Waals surface area contributed by atoms with E-state index >= 15 is 0 Å². The fourth-order valence-corrected chi connectivity index (χ4v) is 4.70. The summed E-state index contributed by atoms with van der Waals surface area (Å²) in [5.41, 5.74) is 8.74. The van der Waals surface area contributed by atoms with Crippen LogP contribution >= 0.6 is 0 Å². The number of hydrogen-bond donors (Lipinski definition) is 0. The van der Waals surface area contributed by atoms with Crippen LogP contribution in [0.1, 0.15) is 56.7 Å². The number of hydrogen-bond acceptors (Lipinski definition) is 1. The maximum absolute atomic E-state index is 4.45. The minimum atomic E-state index is 0.0497. The molecule has 0 heterocycles. The van der Waals surface area contributed by atoms with Crippen LogP contribution in [-0.4, -0.2) is 13.3 Å². The van der Waals surface area contributed by atoms with Crippen molar-refractivity contribution in [3.8, 4) is 11.1 Å². The molecule has 0 radical (unpaired) electrons. The van der Waals surface area contributed by atoms with E-state index in [2.05, 4.69) is 80.5 Å². The van der Waals surface area contributed by atoms with Gasteiger partial charge >= 0.3 is 0 Å². The summed E-state index contributed by atoms with van der Waals surface area (Å²) in [5.74, 6) is 0. The van der Waals surface area contributed by atoms with E-state index in [0.717, 1.165) is 19.3 Å². The molecular weight excluding hydrogens is 302 g/mol. The highest BCUT2D eigenvalue weighted by Gasteiger charge is 2.38. The summed E-state index contributed by atoms with van der Waals surface area (Å²) < 4.78 is 0. The minimum Gasteiger partial charge on any atom is -0.300 e. The molecule has 0 saturated heterocycles. The zero-order chi connectivity index (χ0) is 17.7. The minimum absolute atomic E-state index is 0.0497. The van der Waals surface area contributed by atoms with E-state index < -0.39 is 0 Å². The molecule has 0 aromatic heterocycles. The van der Waals surface area contributed by atoms with Gasteiger partial charge in [-0.1, -0.05) is 68.0 Å². The Kier molecular flexibility index (Phi) is 3.72. The molecule has 2 aliphatic carbocycles. The molecule has 0 N–H and O–H groups in total. The molecule has 2 aromatic carbocycles. The van der Waals surface area contributed by atoms with Gasteiger partial charge in [-0.25, -0.2) is 0 Å². The molecule has 2 aliphatic rings. The van der Waals surface area contributed by atoms with Gasteiger partial charge in [0.2, 0.25) is 0 Å². The van der Waals surface area contributed by atoms with Crippen LogP contribution in [0.3, 0.4) is 0 Å². The van der Waals surface area contributed by atoms with Crippen molar-refractivity contribution in [2.75, 3.05) is 7.05 Å². The van der Waals surface area contributed by atoms with Crippen molar-refractivity contribution in [3.63, 3.8) is 0 Å². The second-order valence-electron chi connectivity index (χ2n) is 8.23. The van der Waals surface area contributed by atoms with Gasteiger partial charge in [-0.2, -0.15) is 0 Å². The average molecular weight is 329 g/mol. The molecular formula is C24H27N. The molecule has 0 amide bonds. The van der Waals surface area contributed by atoms with Gasteiger partial charge in [0, 0.05) is 24.1 Å². The molecule has 0 saturated carbocycles. The average Bonchev–Trinajstić information content (AvgIpc) is 2.85. The lowest BCUT2D eigenvalue weighted by Gasteiger charge is -2.34. The molecule has 1 unspecified atom stereocenters. The van der Waals surface area contributed by atoms with E-state index in [-0.39, 0.29) is 10.8 Å². The number of aliphatic imine (C=N–C) groups is 1. The fourth-order valence-electron chi connectivity index (χ4n) is 4.70. The highest BCUT2D eigenvalue weighted by atomic mass is 14.7. The summed E-state index contributed by atoms with van der Waals surface area (Å²) in [4.78, 5) is 4.45. The van der Waals surface area contributed by atoms with Gasteiger partial charge in [-0.15, -0.1) is 0 Å². The van der Waals surface area contributed by atoms with Crippen molar-refractivity contribution in [2.45, 2.75) is 50.9 Å². The van der Waals surface area contributed by atoms with Gasteiger partial charge in [-0.3, -0.25) is 4.99 Å². The van der Waals surface area contributed by atoms with Crippen LogP contribution in [0.15, 0.2) is 59.1 Å². The zero-order valence-electron chi connectivity index (χ0n) is 15.8. The van der Waals surface area contributed by atoms with Crippen molar-refractivity contribution < 1.29 is 0 Å². The van der Waals surface area contributed by atoms with Gasteiger partial charge in [0.05, 0.1) is 0 Å². The number of benzene rings is 2. The van der Waals surface area contributed by atoms with Crippen LogP contribution in [0.25, 0.3) is 11.1 Å². The van der Waals surface area contributed by atoms with Crippen LogP contribution in [0.2, 0.25) is 0 Å². The molecule has 1 atom stereocenters. The van der Waals surface area contributed by atoms with E-state index in [1.807, 2.05) is 7.05 Å². The number of fused-ring (bicyclic) bond motifs is 3. The normalized spacial score (nSPS) is 24.1. The Labute approximate surface area is 151 Å². The first-order chi connectivity index (χ1) is 12.0. The molecule has 4 rings (SSSR count). The predicted molar refractivity (Wildman–Crippen MR) is 108 cm³/mol. The lowest BCUT2D eigenvalue weighted by molar-refractivity contribution is 0.513. The summed E-state index contributed by atoms with van der Waals surface area (Å²) in [6.45, 7) is 6.95. The summed E-state index contributed by atoms with van der Waals surface area (Å²) in [6.07, 6.45) is 7.96. The second kappa shape index (κ2) is 5.69. The third-order valence-electron chi connectivity index (χ3n) is 6.31. The topological polar surface area (TPSA) is 12.4 Å². The van der Waals surface area contributed by atoms with Crippen molar-refractivity contribution in [1.29, 1.82) is 0 Å². The Morgan fingerprint density at radius 1 is 1.00 bits per heavy atom. The van der Waals surface area contributed by atoms with Gasteiger partial charge in [-0.05, 0) is 54.0 Å². The van der Waals surface area contributed by atoms with Crippen LogP contribution in [0.4, 0.5) is 0 Å². The molecule has 25 heavy (non-hydrogen) atoms. The standard InChI is InChI=1S/C24H27N/c1-17-11-13-24(14-12-17,16-25-4)18-9-10-20-19-7-5-6-8-21(19)23(2,3)22(20)15-18/h5-11,15-16H,12-14H2,1-4H3/b25-16+. The summed E-state index contributed by atoms with van der Waals surface area (Å²) in [5, 5.41) is 0. The van der Waals surface area contributed by atoms with E-state index in [4.69, 9.17) is 0 Å². The smallest absolute Gasteiger partial charge is 0.0339 e. The van der Waals surface area contributed by atoms with Crippen molar-refractivity contribution in [2.24, 2.45) is 4.99 Å². The quantitative estimate of drug-likeness (QED) is 0.469. The number of nitrogens with zero attached hydrogens (tertiary/aromatic N) is 1. The van der Waals surface area contributed by atoms with Crippen LogP contribution in [0.5, 0.6) is 0 Å². The predicted octanol–water partition coefficient (Wildman–Crippen LogP) is 6.06. The third kappa shape index (κ3) is 2.40. The molecule has 1 heteroatoms. The van der Waals surface area contributed by atoms with Gasteiger partial charge in [0.15, 0.2) is 0 Å². The van der Waals surface area contributed by atoms with Crippen molar-refractivity contribution in [3.05, 3.63) is 70.8 Å². The molecule has 0 aliphatic heterocycles. The van der Waals surface area contributed by atoms with Crippen LogP contribution in [0, 0.1) is 0 Å². The van der Waals surface area contributed by atoms with Crippen molar-refractivity contribution >= 4 is 6.21 Å². The summed E-state index contributed by atoms with van der Waals surface area (Å²) >= 11 is 0. The SMILES string of the molecule is C/N=C/C1(c2ccc3c(c2)C(C)(C)c2ccccc2-3)CC=C(C)CC1. The Bertz CT molecular complexity index is 885. The second-order valence-corrected chi connectivity index (χ2v) is 8.23. The van der Waals surface area contributed by atoms with Crippen molar-refractivity contribution in [1.82, 2.24) is 0 Å². The first-order valence-corrected chi connectivity index (χ1v) is 9.32. The third-order valence-corrected chi connectivity index (χ3v) is 6.31. The lowest BCUT2D eigenvalue weighted by atomic mass is 9.70. The molecule has 1 nitrogen and oxygen atoms in total. The highest BCUT2D eigenvalue weighted by Crippen LogP contribution is 2.50. The summed E-state index contributed by atoms with van der Waals surface area (Å²) in [6, 6.07) is 16.0. The Morgan fingerprint density at radius 2 is 1.76 bits per heavy atom. The maximum Gasteiger partial charge on any atom is 0.0339 e. The molecule has 2 aromatic rings. The highest BCUT2D eigenvalue weighted by molar-refractivity contribution is 5.82. The molecule has 0 spiro atoms. The van der Waals surface area contributed by atoms with E-state index in [0.29, 0.717) is 0 Å². The monoisotopic (exact) mass is 329 g/mol. The molecule has 0 fully saturated rings. The van der Waals surface area contributed by atoms with E-state index in [1.165, 1.54) is 33.4 Å². The Morgan fingerprint density at radius 3 is 2.48 bits per heavy atom. The largest absolute Gasteiger partial charge is 0.300 e. The maximum atomic E-state index is 4.45. The molecule has 128 valence electrons. The Hall–Kier alpha value is -2.15. The fraction of sp³-hybridized carbons (Fsp3) is 0.375. The van der Waals surface area contributed by atoms with Gasteiger partial charge in [0.1, 0.15) is 0 Å². The van der Waals surface area contributed by atoms with E-state index in [1.54, 1.807) is 0 Å². The molecule has 0 bridgehead atoms. The zero-order valence-corrected chi connectivity index (χ0v) is 15.8. The van der Waals surface area contributed by atoms with Gasteiger partial charge in [0.25, 0.3) is 0 Å². The number of allylic oxidation sites excluding steroid dienone is 2. The van der Waals surface area contributed by atoms with Crippen LogP contribution < -0.4 is 0 Å². The number of rotatable bonds is 2. The summed E-state index contributed by atoms with van der Waals surface area (Å²) in [7, 11) is 1.90. The lowest BCUT2D eigenvalue weighted by Crippen LogP contribution is -2.30. The van der Waals surface area contributed by atoms with Crippen LogP contribution in [-0.2, 0) is 10.8 Å². The van der Waals surface area contributed by atoms with E-state index in [9.17, 15) is 0 Å². The Balaban J connectivity index is 1.87.